The summed E-state index contributed by atoms with van der Waals surface area (Å²) in [5, 5.41) is 3.36. The zero-order valence-corrected chi connectivity index (χ0v) is 18.1. The Morgan fingerprint density at radius 2 is 2.04 bits per heavy atom. The molecule has 0 aromatic carbocycles. The van der Waals surface area contributed by atoms with E-state index in [0.29, 0.717) is 0 Å². The van der Waals surface area contributed by atoms with Gasteiger partial charge in [0.05, 0.1) is 25.1 Å². The van der Waals surface area contributed by atoms with E-state index in [9.17, 15) is 0 Å². The molecule has 0 saturated carbocycles. The fraction of sp³-hybridized carbons (Fsp3) is 0.524. The highest BCUT2D eigenvalue weighted by atomic mass is 32.1. The van der Waals surface area contributed by atoms with Gasteiger partial charge in [0.15, 0.2) is 0 Å². The second kappa shape index (κ2) is 7.71. The van der Waals surface area contributed by atoms with Crippen LogP contribution in [0.4, 0.5) is 5.82 Å². The van der Waals surface area contributed by atoms with Crippen LogP contribution in [0.25, 0.3) is 10.2 Å². The number of nitrogens with zero attached hydrogens (tertiary/aromatic N) is 4. The first-order valence-corrected chi connectivity index (χ1v) is 11.8. The van der Waals surface area contributed by atoms with E-state index in [1.54, 1.807) is 22.7 Å². The molecular formula is C21H26N4OS2. The fourth-order valence-electron chi connectivity index (χ4n) is 4.20. The van der Waals surface area contributed by atoms with Gasteiger partial charge in [0.1, 0.15) is 22.6 Å². The lowest BCUT2D eigenvalue weighted by Gasteiger charge is -2.34. The van der Waals surface area contributed by atoms with Crippen LogP contribution in [0.2, 0.25) is 0 Å². The van der Waals surface area contributed by atoms with Crippen LogP contribution in [0.3, 0.4) is 0 Å². The number of likely N-dealkylation sites (tertiary alicyclic amines) is 1. The van der Waals surface area contributed by atoms with Crippen molar-refractivity contribution >= 4 is 38.7 Å². The van der Waals surface area contributed by atoms with E-state index in [4.69, 9.17) is 14.7 Å². The first kappa shape index (κ1) is 18.5. The zero-order valence-electron chi connectivity index (χ0n) is 16.5. The maximum absolute atomic E-state index is 6.08. The molecule has 0 aliphatic carbocycles. The molecule has 148 valence electrons. The number of hydrogen-bond acceptors (Lipinski definition) is 7. The molecule has 2 aliphatic rings. The summed E-state index contributed by atoms with van der Waals surface area (Å²) in [7, 11) is 0. The van der Waals surface area contributed by atoms with E-state index >= 15 is 0 Å². The number of ether oxygens (including phenoxy) is 1. The number of hydrogen-bond donors (Lipinski definition) is 0. The SMILES string of the molecule is Cc1sc2nc(CN3CCCC3)nc(N3CCOC(c4cccs4)C3)c2c1C. The monoisotopic (exact) mass is 414 g/mol. The minimum absolute atomic E-state index is 0.126. The van der Waals surface area contributed by atoms with E-state index in [-0.39, 0.29) is 6.10 Å². The molecule has 0 bridgehead atoms. The number of rotatable bonds is 4. The summed E-state index contributed by atoms with van der Waals surface area (Å²) in [6.07, 6.45) is 2.71. The maximum Gasteiger partial charge on any atom is 0.146 e. The van der Waals surface area contributed by atoms with Gasteiger partial charge >= 0.3 is 0 Å². The molecule has 5 rings (SSSR count). The molecule has 3 aromatic heterocycles. The van der Waals surface area contributed by atoms with E-state index in [1.165, 1.54) is 33.5 Å². The zero-order chi connectivity index (χ0) is 19.1. The number of aryl methyl sites for hydroxylation is 2. The Morgan fingerprint density at radius 1 is 1.18 bits per heavy atom. The first-order valence-electron chi connectivity index (χ1n) is 10.1. The van der Waals surface area contributed by atoms with Gasteiger partial charge < -0.3 is 9.64 Å². The van der Waals surface area contributed by atoms with Crippen molar-refractivity contribution in [2.75, 3.05) is 37.7 Å². The maximum atomic E-state index is 6.08. The smallest absolute Gasteiger partial charge is 0.146 e. The molecule has 3 aromatic rings. The molecule has 0 spiro atoms. The Morgan fingerprint density at radius 3 is 2.82 bits per heavy atom. The Bertz CT molecular complexity index is 963. The van der Waals surface area contributed by atoms with Crippen molar-refractivity contribution in [2.45, 2.75) is 39.3 Å². The second-order valence-electron chi connectivity index (χ2n) is 7.73. The molecule has 2 fully saturated rings. The van der Waals surface area contributed by atoms with E-state index < -0.39 is 0 Å². The van der Waals surface area contributed by atoms with E-state index in [0.717, 1.165) is 55.8 Å². The van der Waals surface area contributed by atoms with Gasteiger partial charge in [-0.1, -0.05) is 6.07 Å². The Hall–Kier alpha value is -1.54. The normalized spacial score (nSPS) is 21.1. The molecular weight excluding hydrogens is 388 g/mol. The first-order chi connectivity index (χ1) is 13.7. The fourth-order valence-corrected chi connectivity index (χ4v) is 6.01. The topological polar surface area (TPSA) is 41.5 Å². The minimum Gasteiger partial charge on any atom is -0.369 e. The van der Waals surface area contributed by atoms with Crippen LogP contribution >= 0.6 is 22.7 Å². The largest absolute Gasteiger partial charge is 0.369 e. The molecule has 28 heavy (non-hydrogen) atoms. The summed E-state index contributed by atoms with van der Waals surface area (Å²) < 4.78 is 6.08. The van der Waals surface area contributed by atoms with Crippen molar-refractivity contribution < 1.29 is 4.74 Å². The third kappa shape index (κ3) is 3.45. The lowest BCUT2D eigenvalue weighted by molar-refractivity contribution is 0.0419. The molecule has 5 heterocycles. The van der Waals surface area contributed by atoms with Crippen LogP contribution in [0, 0.1) is 13.8 Å². The average molecular weight is 415 g/mol. The third-order valence-corrected chi connectivity index (χ3v) is 7.91. The lowest BCUT2D eigenvalue weighted by atomic mass is 10.1. The van der Waals surface area contributed by atoms with E-state index in [2.05, 4.69) is 41.2 Å². The van der Waals surface area contributed by atoms with Crippen LogP contribution < -0.4 is 4.90 Å². The quantitative estimate of drug-likeness (QED) is 0.627. The standard InChI is InChI=1S/C21H26N4OS2/c1-14-15(2)28-21-19(14)20(22-18(23-21)13-24-7-3-4-8-24)25-9-10-26-16(12-25)17-6-5-11-27-17/h5-6,11,16H,3-4,7-10,12-13H2,1-2H3. The van der Waals surface area contributed by atoms with Crippen LogP contribution in [-0.4, -0.2) is 47.7 Å². The van der Waals surface area contributed by atoms with Gasteiger partial charge in [-0.25, -0.2) is 9.97 Å². The van der Waals surface area contributed by atoms with Crippen molar-refractivity contribution in [3.8, 4) is 0 Å². The summed E-state index contributed by atoms with van der Waals surface area (Å²) >= 11 is 3.58. The molecule has 1 unspecified atom stereocenters. The molecule has 0 amide bonds. The molecule has 0 N–H and O–H groups in total. The van der Waals surface area contributed by atoms with Crippen molar-refractivity contribution in [3.05, 3.63) is 38.7 Å². The predicted octanol–water partition coefficient (Wildman–Crippen LogP) is 4.54. The Balaban J connectivity index is 1.52. The van der Waals surface area contributed by atoms with Gasteiger partial charge in [-0.05, 0) is 56.8 Å². The van der Waals surface area contributed by atoms with Gasteiger partial charge in [0.2, 0.25) is 0 Å². The van der Waals surface area contributed by atoms with Gasteiger partial charge in [-0.2, -0.15) is 0 Å². The molecule has 2 saturated heterocycles. The van der Waals surface area contributed by atoms with Crippen molar-refractivity contribution in [1.29, 1.82) is 0 Å². The molecule has 2 aliphatic heterocycles. The summed E-state index contributed by atoms with van der Waals surface area (Å²) in [5.74, 6) is 2.07. The highest BCUT2D eigenvalue weighted by Crippen LogP contribution is 2.37. The molecule has 7 heteroatoms. The van der Waals surface area contributed by atoms with Crippen molar-refractivity contribution in [1.82, 2.24) is 14.9 Å². The summed E-state index contributed by atoms with van der Waals surface area (Å²) in [5.41, 5.74) is 1.32. The second-order valence-corrected chi connectivity index (χ2v) is 9.91. The summed E-state index contributed by atoms with van der Waals surface area (Å²) in [6, 6.07) is 4.28. The highest BCUT2D eigenvalue weighted by Gasteiger charge is 2.27. The third-order valence-electron chi connectivity index (χ3n) is 5.85. The number of morpholine rings is 1. The van der Waals surface area contributed by atoms with Gasteiger partial charge in [0.25, 0.3) is 0 Å². The summed E-state index contributed by atoms with van der Waals surface area (Å²) in [6.45, 7) is 10.1. The Kier molecular flexibility index (Phi) is 5.09. The number of anilines is 1. The average Bonchev–Trinajstić information content (AvgIpc) is 3.45. The van der Waals surface area contributed by atoms with Crippen molar-refractivity contribution in [3.63, 3.8) is 0 Å². The van der Waals surface area contributed by atoms with Crippen LogP contribution in [0.15, 0.2) is 17.5 Å². The van der Waals surface area contributed by atoms with Crippen LogP contribution in [0.5, 0.6) is 0 Å². The van der Waals surface area contributed by atoms with Crippen LogP contribution in [0.1, 0.15) is 40.1 Å². The van der Waals surface area contributed by atoms with Crippen molar-refractivity contribution in [2.24, 2.45) is 0 Å². The predicted molar refractivity (Wildman–Crippen MR) is 117 cm³/mol. The van der Waals surface area contributed by atoms with Gasteiger partial charge in [0, 0.05) is 16.3 Å². The number of aromatic nitrogens is 2. The minimum atomic E-state index is 0.126. The molecule has 1 atom stereocenters. The van der Waals surface area contributed by atoms with Gasteiger partial charge in [-0.3, -0.25) is 4.90 Å². The van der Waals surface area contributed by atoms with E-state index in [1.807, 2.05) is 0 Å². The highest BCUT2D eigenvalue weighted by molar-refractivity contribution is 7.18. The summed E-state index contributed by atoms with van der Waals surface area (Å²) in [4.78, 5) is 18.7. The lowest BCUT2D eigenvalue weighted by Crippen LogP contribution is -2.39. The Labute approximate surface area is 174 Å². The van der Waals surface area contributed by atoms with Crippen LogP contribution in [-0.2, 0) is 11.3 Å². The van der Waals surface area contributed by atoms with Gasteiger partial charge in [-0.15, -0.1) is 22.7 Å². The number of thiophene rings is 2. The molecule has 0 radical (unpaired) electrons. The molecule has 5 nitrogen and oxygen atoms in total. The number of fused-ring (bicyclic) bond motifs is 1.